The number of carbonyl (C=O) groups is 2. The molecule has 2 saturated heterocycles. The van der Waals surface area contributed by atoms with Crippen LogP contribution in [0.1, 0.15) is 12.8 Å². The van der Waals surface area contributed by atoms with Crippen LogP contribution in [-0.2, 0) is 4.74 Å². The molecule has 0 aromatic heterocycles. The lowest BCUT2D eigenvalue weighted by atomic mass is 10.2. The van der Waals surface area contributed by atoms with Crippen LogP contribution in [-0.4, -0.2) is 64.5 Å². The van der Waals surface area contributed by atoms with Gasteiger partial charge in [-0.25, -0.2) is 9.59 Å². The van der Waals surface area contributed by atoms with Gasteiger partial charge >= 0.3 is 12.2 Å². The number of fused-ring (bicyclic) bond motifs is 2. The lowest BCUT2D eigenvalue weighted by Crippen LogP contribution is -2.57. The van der Waals surface area contributed by atoms with Crippen LogP contribution in [0.5, 0.6) is 0 Å². The molecular formula is C10H16N2O4S. The lowest BCUT2D eigenvalue weighted by Gasteiger charge is -2.38. The van der Waals surface area contributed by atoms with Gasteiger partial charge in [0.05, 0.1) is 12.1 Å². The molecule has 96 valence electrons. The van der Waals surface area contributed by atoms with Crippen molar-refractivity contribution in [2.24, 2.45) is 0 Å². The topological polar surface area (TPSA) is 70.1 Å². The van der Waals surface area contributed by atoms with E-state index in [4.69, 9.17) is 9.84 Å². The van der Waals surface area contributed by atoms with Gasteiger partial charge in [0.15, 0.2) is 0 Å². The number of hydrogen-bond donors (Lipinski definition) is 1. The molecule has 17 heavy (non-hydrogen) atoms. The maximum absolute atomic E-state index is 11.8. The first-order valence-corrected chi connectivity index (χ1v) is 6.94. The summed E-state index contributed by atoms with van der Waals surface area (Å²) in [5.41, 5.74) is 0. The van der Waals surface area contributed by atoms with Crippen molar-refractivity contribution in [1.29, 1.82) is 0 Å². The van der Waals surface area contributed by atoms with Gasteiger partial charge in [-0.1, -0.05) is 0 Å². The summed E-state index contributed by atoms with van der Waals surface area (Å²) < 4.78 is 5.09. The van der Waals surface area contributed by atoms with E-state index in [9.17, 15) is 9.59 Å². The Kier molecular flexibility index (Phi) is 3.66. The summed E-state index contributed by atoms with van der Waals surface area (Å²) in [5, 5.41) is 8.96. The highest BCUT2D eigenvalue weighted by Crippen LogP contribution is 2.30. The standard InChI is InChI=1S/C10H16N2O4S/c1-17-6-16-10(15)12-7-2-3-8(12)5-11(4-7)9(13)14/h7-8H,2-6H2,1H3,(H,13,14)/t7-,8-/m0/s1. The highest BCUT2D eigenvalue weighted by atomic mass is 32.2. The van der Waals surface area contributed by atoms with Crippen LogP contribution in [0.2, 0.25) is 0 Å². The maximum atomic E-state index is 11.8. The largest absolute Gasteiger partial charge is 0.465 e. The molecule has 2 heterocycles. The number of amides is 2. The van der Waals surface area contributed by atoms with Crippen LogP contribution in [0.3, 0.4) is 0 Å². The SMILES string of the molecule is CSCOC(=O)N1[C@H]2CC[C@H]1CN(C(=O)O)C2. The molecule has 0 saturated carbocycles. The fraction of sp³-hybridized carbons (Fsp3) is 0.800. The van der Waals surface area contributed by atoms with Crippen molar-refractivity contribution >= 4 is 23.9 Å². The Bertz CT molecular complexity index is 311. The molecule has 2 atom stereocenters. The third kappa shape index (κ3) is 2.43. The van der Waals surface area contributed by atoms with E-state index in [1.165, 1.54) is 16.7 Å². The molecule has 7 heteroatoms. The summed E-state index contributed by atoms with van der Waals surface area (Å²) in [4.78, 5) is 25.8. The van der Waals surface area contributed by atoms with E-state index < -0.39 is 6.09 Å². The molecule has 2 bridgehead atoms. The van der Waals surface area contributed by atoms with Crippen LogP contribution in [0.25, 0.3) is 0 Å². The molecule has 0 spiro atoms. The zero-order chi connectivity index (χ0) is 12.4. The van der Waals surface area contributed by atoms with E-state index in [1.54, 1.807) is 4.90 Å². The molecule has 1 N–H and O–H groups in total. The van der Waals surface area contributed by atoms with Gasteiger partial charge in [-0.3, -0.25) is 4.90 Å². The monoisotopic (exact) mass is 260 g/mol. The molecule has 2 aliphatic rings. The Morgan fingerprint density at radius 1 is 1.35 bits per heavy atom. The minimum Gasteiger partial charge on any atom is -0.465 e. The fourth-order valence-corrected chi connectivity index (χ4v) is 2.76. The number of ether oxygens (including phenoxy) is 1. The summed E-state index contributed by atoms with van der Waals surface area (Å²) in [7, 11) is 0. The van der Waals surface area contributed by atoms with E-state index in [0.29, 0.717) is 19.0 Å². The highest BCUT2D eigenvalue weighted by Gasteiger charge is 2.44. The van der Waals surface area contributed by atoms with E-state index in [2.05, 4.69) is 0 Å². The average molecular weight is 260 g/mol. The maximum Gasteiger partial charge on any atom is 0.411 e. The normalized spacial score (nSPS) is 27.1. The number of nitrogens with zero attached hydrogens (tertiary/aromatic N) is 2. The van der Waals surface area contributed by atoms with Gasteiger partial charge in [0, 0.05) is 13.1 Å². The van der Waals surface area contributed by atoms with Crippen molar-refractivity contribution < 1.29 is 19.4 Å². The molecule has 0 aliphatic carbocycles. The van der Waals surface area contributed by atoms with Crippen molar-refractivity contribution in [2.75, 3.05) is 25.3 Å². The first-order valence-electron chi connectivity index (χ1n) is 5.55. The molecule has 2 rings (SSSR count). The molecule has 0 aromatic carbocycles. The van der Waals surface area contributed by atoms with Gasteiger partial charge in [-0.15, -0.1) is 11.8 Å². The van der Waals surface area contributed by atoms with Crippen LogP contribution in [0, 0.1) is 0 Å². The van der Waals surface area contributed by atoms with Gasteiger partial charge in [0.1, 0.15) is 5.94 Å². The first-order chi connectivity index (χ1) is 8.13. The Morgan fingerprint density at radius 3 is 2.41 bits per heavy atom. The zero-order valence-corrected chi connectivity index (χ0v) is 10.5. The molecule has 0 aromatic rings. The van der Waals surface area contributed by atoms with Crippen molar-refractivity contribution in [3.05, 3.63) is 0 Å². The summed E-state index contributed by atoms with van der Waals surface area (Å²) in [6, 6.07) is -0.0292. The van der Waals surface area contributed by atoms with E-state index in [-0.39, 0.29) is 18.2 Å². The minimum atomic E-state index is -0.904. The van der Waals surface area contributed by atoms with Crippen LogP contribution >= 0.6 is 11.8 Å². The number of hydrogen-bond acceptors (Lipinski definition) is 4. The third-order valence-electron chi connectivity index (χ3n) is 3.26. The van der Waals surface area contributed by atoms with E-state index in [0.717, 1.165) is 12.8 Å². The Labute approximate surface area is 104 Å². The first kappa shape index (κ1) is 12.3. The second kappa shape index (κ2) is 5.03. The average Bonchev–Trinajstić information content (AvgIpc) is 2.56. The molecule has 2 aliphatic heterocycles. The Morgan fingerprint density at radius 2 is 1.94 bits per heavy atom. The van der Waals surface area contributed by atoms with Gasteiger partial charge in [-0.2, -0.15) is 0 Å². The fourth-order valence-electron chi connectivity index (χ4n) is 2.54. The van der Waals surface area contributed by atoms with Gasteiger partial charge < -0.3 is 14.7 Å². The summed E-state index contributed by atoms with van der Waals surface area (Å²) >= 11 is 1.45. The lowest BCUT2D eigenvalue weighted by molar-refractivity contribution is 0.0490. The Balaban J connectivity index is 1.98. The summed E-state index contributed by atoms with van der Waals surface area (Å²) in [6.45, 7) is 0.806. The predicted octanol–water partition coefficient (Wildman–Crippen LogP) is 1.27. The van der Waals surface area contributed by atoms with Crippen LogP contribution in [0.15, 0.2) is 0 Å². The van der Waals surface area contributed by atoms with Crippen molar-refractivity contribution in [3.63, 3.8) is 0 Å². The minimum absolute atomic E-state index is 0.0146. The summed E-state index contributed by atoms with van der Waals surface area (Å²) in [5.74, 6) is 0.345. The number of rotatable bonds is 2. The summed E-state index contributed by atoms with van der Waals surface area (Å²) in [6.07, 6.45) is 2.38. The highest BCUT2D eigenvalue weighted by molar-refractivity contribution is 7.98. The van der Waals surface area contributed by atoms with Crippen molar-refractivity contribution in [1.82, 2.24) is 9.80 Å². The second-order valence-corrected chi connectivity index (χ2v) is 5.11. The number of piperazine rings is 1. The molecule has 6 nitrogen and oxygen atoms in total. The van der Waals surface area contributed by atoms with E-state index >= 15 is 0 Å². The van der Waals surface area contributed by atoms with Crippen LogP contribution < -0.4 is 0 Å². The number of likely N-dealkylation sites (tertiary alicyclic amines) is 1. The number of thioether (sulfide) groups is 1. The second-order valence-electron chi connectivity index (χ2n) is 4.30. The van der Waals surface area contributed by atoms with Gasteiger partial charge in [-0.05, 0) is 19.1 Å². The smallest absolute Gasteiger partial charge is 0.411 e. The van der Waals surface area contributed by atoms with Crippen LogP contribution in [0.4, 0.5) is 9.59 Å². The number of carboxylic acid groups (broad SMARTS) is 1. The van der Waals surface area contributed by atoms with Gasteiger partial charge in [0.2, 0.25) is 0 Å². The van der Waals surface area contributed by atoms with Gasteiger partial charge in [0.25, 0.3) is 0 Å². The molecule has 0 radical (unpaired) electrons. The molecule has 2 fully saturated rings. The molecule has 2 amide bonds. The predicted molar refractivity (Wildman–Crippen MR) is 63.1 cm³/mol. The zero-order valence-electron chi connectivity index (χ0n) is 9.66. The van der Waals surface area contributed by atoms with Crippen molar-refractivity contribution in [2.45, 2.75) is 24.9 Å². The van der Waals surface area contributed by atoms with Crippen molar-refractivity contribution in [3.8, 4) is 0 Å². The Hall–Kier alpha value is -1.11. The quantitative estimate of drug-likeness (QED) is 0.757. The third-order valence-corrected chi connectivity index (χ3v) is 3.62. The van der Waals surface area contributed by atoms with E-state index in [1.807, 2.05) is 6.26 Å². The molecular weight excluding hydrogens is 244 g/mol. The molecule has 0 unspecified atom stereocenters. The number of carbonyl (C=O) groups excluding carboxylic acids is 1.